The number of ether oxygens (including phenoxy) is 1. The normalized spacial score (nSPS) is 21.1. The standard InChI is InChI=1S/C25H26F2N2O5S/c26-17-4-8-21-16(11-17)13-22(35-21)24(31)29-10-9-28-23(30)15-3-7-20(19(27)12-15)34-18-5-1-14(2-6-18)25(32)33/h3-4,7-8,11-12,14,18,22H,1-2,5-6,9-10,13H2,(H,28,30)(H,29,31)(H,32,33). The largest absolute Gasteiger partial charge is 0.487 e. The lowest BCUT2D eigenvalue weighted by Crippen LogP contribution is -2.38. The van der Waals surface area contributed by atoms with Crippen LogP contribution >= 0.6 is 11.8 Å². The average molecular weight is 505 g/mol. The van der Waals surface area contributed by atoms with Crippen LogP contribution in [-0.2, 0) is 16.0 Å². The van der Waals surface area contributed by atoms with Gasteiger partial charge in [-0.05, 0) is 74.1 Å². The van der Waals surface area contributed by atoms with Gasteiger partial charge in [0.15, 0.2) is 11.6 Å². The molecule has 35 heavy (non-hydrogen) atoms. The molecule has 1 atom stereocenters. The van der Waals surface area contributed by atoms with Gasteiger partial charge >= 0.3 is 5.97 Å². The van der Waals surface area contributed by atoms with Crippen LogP contribution in [0, 0.1) is 17.6 Å². The number of carbonyl (C=O) groups excluding carboxylic acids is 2. The van der Waals surface area contributed by atoms with E-state index in [-0.39, 0.29) is 53.4 Å². The van der Waals surface area contributed by atoms with Crippen molar-refractivity contribution in [3.63, 3.8) is 0 Å². The summed E-state index contributed by atoms with van der Waals surface area (Å²) >= 11 is 1.39. The van der Waals surface area contributed by atoms with Crippen molar-refractivity contribution in [2.75, 3.05) is 13.1 Å². The van der Waals surface area contributed by atoms with E-state index in [1.807, 2.05) is 0 Å². The summed E-state index contributed by atoms with van der Waals surface area (Å²) in [5, 5.41) is 14.1. The molecule has 1 unspecified atom stereocenters. The molecular formula is C25H26F2N2O5S. The number of nitrogens with one attached hydrogen (secondary N) is 2. The second kappa shape index (κ2) is 11.1. The summed E-state index contributed by atoms with van der Waals surface area (Å²) in [4.78, 5) is 36.7. The maximum Gasteiger partial charge on any atom is 0.306 e. The smallest absolute Gasteiger partial charge is 0.306 e. The van der Waals surface area contributed by atoms with Crippen LogP contribution in [0.4, 0.5) is 8.78 Å². The van der Waals surface area contributed by atoms with E-state index in [4.69, 9.17) is 9.84 Å². The van der Waals surface area contributed by atoms with Gasteiger partial charge in [0.25, 0.3) is 5.91 Å². The van der Waals surface area contributed by atoms with E-state index >= 15 is 0 Å². The minimum atomic E-state index is -0.816. The van der Waals surface area contributed by atoms with E-state index in [0.717, 1.165) is 16.5 Å². The summed E-state index contributed by atoms with van der Waals surface area (Å²) in [6, 6.07) is 8.43. The van der Waals surface area contributed by atoms with Crippen LogP contribution in [0.25, 0.3) is 0 Å². The fourth-order valence-electron chi connectivity index (χ4n) is 4.29. The lowest BCUT2D eigenvalue weighted by molar-refractivity contribution is -0.143. The highest BCUT2D eigenvalue weighted by Gasteiger charge is 2.29. The van der Waals surface area contributed by atoms with Gasteiger partial charge in [-0.1, -0.05) is 0 Å². The van der Waals surface area contributed by atoms with Crippen LogP contribution in [0.2, 0.25) is 0 Å². The number of benzene rings is 2. The highest BCUT2D eigenvalue weighted by Crippen LogP contribution is 2.37. The molecule has 2 amide bonds. The number of fused-ring (bicyclic) bond motifs is 1. The van der Waals surface area contributed by atoms with Gasteiger partial charge in [0.1, 0.15) is 5.82 Å². The Balaban J connectivity index is 1.19. The summed E-state index contributed by atoms with van der Waals surface area (Å²) in [6.45, 7) is 0.366. The minimum Gasteiger partial charge on any atom is -0.487 e. The summed E-state index contributed by atoms with van der Waals surface area (Å²) in [5.74, 6) is -2.83. The topological polar surface area (TPSA) is 105 Å². The fourth-order valence-corrected chi connectivity index (χ4v) is 5.49. The quantitative estimate of drug-likeness (QED) is 0.475. The third-order valence-corrected chi connectivity index (χ3v) is 7.53. The SMILES string of the molecule is O=C(NCCNC(=O)C1Cc2cc(F)ccc2S1)c1ccc(OC2CCC(C(=O)O)CC2)c(F)c1. The van der Waals surface area contributed by atoms with Gasteiger partial charge in [-0.15, -0.1) is 11.8 Å². The van der Waals surface area contributed by atoms with Gasteiger partial charge in [-0.3, -0.25) is 14.4 Å². The van der Waals surface area contributed by atoms with Crippen LogP contribution in [0.3, 0.4) is 0 Å². The summed E-state index contributed by atoms with van der Waals surface area (Å²) in [5.41, 5.74) is 0.936. The molecule has 0 bridgehead atoms. The van der Waals surface area contributed by atoms with E-state index in [1.165, 1.54) is 36.0 Å². The predicted molar refractivity (Wildman–Crippen MR) is 126 cm³/mol. The maximum atomic E-state index is 14.5. The first kappa shape index (κ1) is 25.0. The first-order valence-electron chi connectivity index (χ1n) is 11.5. The number of hydrogen-bond acceptors (Lipinski definition) is 5. The third-order valence-electron chi connectivity index (χ3n) is 6.21. The van der Waals surface area contributed by atoms with E-state index in [9.17, 15) is 23.2 Å². The van der Waals surface area contributed by atoms with Crippen molar-refractivity contribution in [1.82, 2.24) is 10.6 Å². The molecule has 7 nitrogen and oxygen atoms in total. The van der Waals surface area contributed by atoms with Crippen molar-refractivity contribution in [2.45, 2.75) is 48.4 Å². The average Bonchev–Trinajstić information content (AvgIpc) is 3.26. The summed E-state index contributed by atoms with van der Waals surface area (Å²) in [6.07, 6.45) is 2.24. The molecule has 1 aliphatic carbocycles. The van der Waals surface area contributed by atoms with Gasteiger partial charge < -0.3 is 20.5 Å². The molecule has 186 valence electrons. The minimum absolute atomic E-state index is 0.0301. The van der Waals surface area contributed by atoms with Crippen LogP contribution in [0.5, 0.6) is 5.75 Å². The Morgan fingerprint density at radius 1 is 1.00 bits per heavy atom. The molecule has 2 aromatic rings. The predicted octanol–water partition coefficient (Wildman–Crippen LogP) is 3.55. The zero-order chi connectivity index (χ0) is 24.9. The third kappa shape index (κ3) is 6.30. The Labute approximate surface area is 205 Å². The molecule has 1 aliphatic heterocycles. The number of carboxylic acids is 1. The van der Waals surface area contributed by atoms with Crippen molar-refractivity contribution in [3.05, 3.63) is 59.2 Å². The Morgan fingerprint density at radius 3 is 2.46 bits per heavy atom. The summed E-state index contributed by atoms with van der Waals surface area (Å²) in [7, 11) is 0. The van der Waals surface area contributed by atoms with Crippen molar-refractivity contribution in [1.29, 1.82) is 0 Å². The summed E-state index contributed by atoms with van der Waals surface area (Å²) < 4.78 is 33.5. The van der Waals surface area contributed by atoms with Gasteiger partial charge in [-0.25, -0.2) is 8.78 Å². The number of carboxylic acid groups (broad SMARTS) is 1. The fraction of sp³-hybridized carbons (Fsp3) is 0.400. The molecule has 0 saturated heterocycles. The maximum absolute atomic E-state index is 14.5. The number of hydrogen-bond donors (Lipinski definition) is 3. The molecule has 10 heteroatoms. The highest BCUT2D eigenvalue weighted by molar-refractivity contribution is 8.01. The monoisotopic (exact) mass is 504 g/mol. The van der Waals surface area contributed by atoms with Crippen molar-refractivity contribution in [3.8, 4) is 5.75 Å². The molecular weight excluding hydrogens is 478 g/mol. The van der Waals surface area contributed by atoms with Crippen molar-refractivity contribution >= 4 is 29.5 Å². The molecule has 1 heterocycles. The van der Waals surface area contributed by atoms with Gasteiger partial charge in [0, 0.05) is 23.5 Å². The van der Waals surface area contributed by atoms with Crippen LogP contribution in [0.15, 0.2) is 41.3 Å². The van der Waals surface area contributed by atoms with Crippen LogP contribution in [0.1, 0.15) is 41.6 Å². The van der Waals surface area contributed by atoms with Gasteiger partial charge in [-0.2, -0.15) is 0 Å². The van der Waals surface area contributed by atoms with Crippen LogP contribution in [-0.4, -0.2) is 47.3 Å². The Morgan fingerprint density at radius 2 is 1.74 bits per heavy atom. The molecule has 0 aromatic heterocycles. The number of carbonyl (C=O) groups is 3. The lowest BCUT2D eigenvalue weighted by atomic mass is 9.87. The molecule has 0 spiro atoms. The number of aliphatic carboxylic acids is 1. The zero-order valence-electron chi connectivity index (χ0n) is 18.9. The van der Waals surface area contributed by atoms with Crippen molar-refractivity contribution < 1.29 is 33.0 Å². The Bertz CT molecular complexity index is 1120. The van der Waals surface area contributed by atoms with E-state index in [1.54, 1.807) is 6.07 Å². The highest BCUT2D eigenvalue weighted by atomic mass is 32.2. The van der Waals surface area contributed by atoms with Crippen molar-refractivity contribution in [2.24, 2.45) is 5.92 Å². The van der Waals surface area contributed by atoms with Gasteiger partial charge in [0.05, 0.1) is 17.3 Å². The first-order chi connectivity index (χ1) is 16.8. The van der Waals surface area contributed by atoms with E-state index < -0.39 is 17.7 Å². The zero-order valence-corrected chi connectivity index (χ0v) is 19.7. The Hall–Kier alpha value is -3.14. The number of rotatable bonds is 8. The molecule has 1 fully saturated rings. The van der Waals surface area contributed by atoms with E-state index in [2.05, 4.69) is 10.6 Å². The number of amides is 2. The molecule has 0 radical (unpaired) electrons. The molecule has 2 aromatic carbocycles. The molecule has 3 N–H and O–H groups in total. The first-order valence-corrected chi connectivity index (χ1v) is 12.4. The second-order valence-corrected chi connectivity index (χ2v) is 9.93. The second-order valence-electron chi connectivity index (χ2n) is 8.68. The van der Waals surface area contributed by atoms with Crippen LogP contribution < -0.4 is 15.4 Å². The molecule has 1 saturated carbocycles. The van der Waals surface area contributed by atoms with E-state index in [0.29, 0.717) is 32.1 Å². The van der Waals surface area contributed by atoms with Gasteiger partial charge in [0.2, 0.25) is 5.91 Å². The molecule has 4 rings (SSSR count). The number of thioether (sulfide) groups is 1. The Kier molecular flexibility index (Phi) is 7.90. The molecule has 2 aliphatic rings. The lowest BCUT2D eigenvalue weighted by Gasteiger charge is -2.27. The number of halogens is 2.